The fourth-order valence-corrected chi connectivity index (χ4v) is 1.78. The van der Waals surface area contributed by atoms with Crippen LogP contribution in [-0.2, 0) is 10.7 Å². The fourth-order valence-electron chi connectivity index (χ4n) is 1.60. The van der Waals surface area contributed by atoms with Crippen LogP contribution in [0.4, 0.5) is 0 Å². The Morgan fingerprint density at radius 1 is 1.23 bits per heavy atom. The maximum absolute atomic E-state index is 10.8. The first kappa shape index (κ1) is 8.76. The van der Waals surface area contributed by atoms with Gasteiger partial charge in [-0.05, 0) is 17.0 Å². The van der Waals surface area contributed by atoms with Gasteiger partial charge in [0.15, 0.2) is 0 Å². The summed E-state index contributed by atoms with van der Waals surface area (Å²) >= 11 is 5.68. The minimum atomic E-state index is 0.381. The third-order valence-electron chi connectivity index (χ3n) is 2.55. The number of carbonyl (C=O) groups is 1. The molecule has 68 valence electrons. The van der Waals surface area contributed by atoms with E-state index in [0.717, 1.165) is 18.4 Å². The molecule has 0 bridgehead atoms. The Bertz CT molecular complexity index is 307. The van der Waals surface area contributed by atoms with Crippen molar-refractivity contribution in [3.05, 3.63) is 35.4 Å². The summed E-state index contributed by atoms with van der Waals surface area (Å²) in [7, 11) is 0. The molecule has 0 unspecified atom stereocenters. The van der Waals surface area contributed by atoms with Crippen molar-refractivity contribution < 1.29 is 4.79 Å². The molecule has 0 spiro atoms. The molecular formula is C11H11ClO. The third-order valence-corrected chi connectivity index (χ3v) is 2.86. The number of alkyl halides is 1. The molecule has 1 aliphatic rings. The molecule has 1 fully saturated rings. The molecule has 2 heteroatoms. The average Bonchev–Trinajstić information content (AvgIpc) is 2.13. The molecule has 1 aliphatic carbocycles. The molecule has 0 N–H and O–H groups in total. The maximum Gasteiger partial charge on any atom is 0.134 e. The van der Waals surface area contributed by atoms with Gasteiger partial charge in [0.2, 0.25) is 0 Å². The van der Waals surface area contributed by atoms with E-state index in [1.807, 2.05) is 12.1 Å². The second-order valence-corrected chi connectivity index (χ2v) is 3.79. The molecule has 0 amide bonds. The second kappa shape index (κ2) is 3.51. The smallest absolute Gasteiger partial charge is 0.134 e. The molecule has 1 saturated carbocycles. The van der Waals surface area contributed by atoms with Crippen molar-refractivity contribution in [2.45, 2.75) is 24.6 Å². The number of benzene rings is 1. The van der Waals surface area contributed by atoms with Crippen LogP contribution in [0.3, 0.4) is 0 Å². The van der Waals surface area contributed by atoms with Gasteiger partial charge < -0.3 is 0 Å². The largest absolute Gasteiger partial charge is 0.300 e. The number of hydrogen-bond acceptors (Lipinski definition) is 1. The Balaban J connectivity index is 2.10. The van der Waals surface area contributed by atoms with Crippen LogP contribution in [0.2, 0.25) is 0 Å². The van der Waals surface area contributed by atoms with E-state index in [1.54, 1.807) is 0 Å². The normalized spacial score (nSPS) is 17.2. The summed E-state index contributed by atoms with van der Waals surface area (Å²) in [4.78, 5) is 10.8. The molecule has 0 atom stereocenters. The predicted octanol–water partition coefficient (Wildman–Crippen LogP) is 2.87. The SMILES string of the molecule is O=C1CC(c2ccc(CCl)cc2)C1. The van der Waals surface area contributed by atoms with E-state index < -0.39 is 0 Å². The molecule has 0 saturated heterocycles. The highest BCUT2D eigenvalue weighted by molar-refractivity contribution is 6.17. The number of Topliss-reactive ketones (excluding diaryl/α,β-unsaturated/α-hetero) is 1. The fraction of sp³-hybridized carbons (Fsp3) is 0.364. The summed E-state index contributed by atoms with van der Waals surface area (Å²) in [5, 5.41) is 0. The van der Waals surface area contributed by atoms with Crippen molar-refractivity contribution in [1.29, 1.82) is 0 Å². The topological polar surface area (TPSA) is 17.1 Å². The number of halogens is 1. The van der Waals surface area contributed by atoms with Crippen LogP contribution in [-0.4, -0.2) is 5.78 Å². The molecular weight excluding hydrogens is 184 g/mol. The predicted molar refractivity (Wildman–Crippen MR) is 53.0 cm³/mol. The van der Waals surface area contributed by atoms with E-state index in [2.05, 4.69) is 12.1 Å². The van der Waals surface area contributed by atoms with Gasteiger partial charge in [0.1, 0.15) is 5.78 Å². The molecule has 0 heterocycles. The summed E-state index contributed by atoms with van der Waals surface area (Å²) in [6.07, 6.45) is 1.44. The van der Waals surface area contributed by atoms with Crippen LogP contribution < -0.4 is 0 Å². The Labute approximate surface area is 82.7 Å². The third kappa shape index (κ3) is 1.75. The lowest BCUT2D eigenvalue weighted by molar-refractivity contribution is -0.124. The van der Waals surface area contributed by atoms with Gasteiger partial charge in [-0.25, -0.2) is 0 Å². The molecule has 0 radical (unpaired) electrons. The highest BCUT2D eigenvalue weighted by Crippen LogP contribution is 2.33. The van der Waals surface area contributed by atoms with E-state index in [0.29, 0.717) is 17.6 Å². The first-order valence-electron chi connectivity index (χ1n) is 4.46. The van der Waals surface area contributed by atoms with Crippen molar-refractivity contribution in [2.75, 3.05) is 0 Å². The molecule has 0 aliphatic heterocycles. The Morgan fingerprint density at radius 2 is 1.85 bits per heavy atom. The van der Waals surface area contributed by atoms with Crippen LogP contribution >= 0.6 is 11.6 Å². The highest BCUT2D eigenvalue weighted by Gasteiger charge is 2.27. The molecule has 0 aromatic heterocycles. The lowest BCUT2D eigenvalue weighted by Gasteiger charge is -2.24. The first-order valence-corrected chi connectivity index (χ1v) is 4.99. The van der Waals surface area contributed by atoms with Crippen molar-refractivity contribution in [2.24, 2.45) is 0 Å². The second-order valence-electron chi connectivity index (χ2n) is 3.52. The van der Waals surface area contributed by atoms with E-state index in [4.69, 9.17) is 11.6 Å². The molecule has 2 rings (SSSR count). The monoisotopic (exact) mass is 194 g/mol. The minimum absolute atomic E-state index is 0.381. The Kier molecular flexibility index (Phi) is 2.36. The number of hydrogen-bond donors (Lipinski definition) is 0. The molecule has 13 heavy (non-hydrogen) atoms. The van der Waals surface area contributed by atoms with Gasteiger partial charge in [-0.3, -0.25) is 4.79 Å². The van der Waals surface area contributed by atoms with Gasteiger partial charge in [-0.2, -0.15) is 0 Å². The first-order chi connectivity index (χ1) is 6.29. The highest BCUT2D eigenvalue weighted by atomic mass is 35.5. The van der Waals surface area contributed by atoms with E-state index in [-0.39, 0.29) is 0 Å². The van der Waals surface area contributed by atoms with E-state index >= 15 is 0 Å². The summed E-state index contributed by atoms with van der Waals surface area (Å²) in [5.74, 6) is 1.41. The van der Waals surface area contributed by atoms with Crippen molar-refractivity contribution in [3.63, 3.8) is 0 Å². The lowest BCUT2D eigenvalue weighted by Crippen LogP contribution is -2.20. The standard InChI is InChI=1S/C11H11ClO/c12-7-8-1-3-9(4-2-8)10-5-11(13)6-10/h1-4,10H,5-7H2. The van der Waals surface area contributed by atoms with Gasteiger partial charge in [0.05, 0.1) is 0 Å². The van der Waals surface area contributed by atoms with Gasteiger partial charge in [0, 0.05) is 18.7 Å². The maximum atomic E-state index is 10.8. The minimum Gasteiger partial charge on any atom is -0.300 e. The average molecular weight is 195 g/mol. The van der Waals surface area contributed by atoms with E-state index in [9.17, 15) is 4.79 Å². The van der Waals surface area contributed by atoms with Gasteiger partial charge >= 0.3 is 0 Å². The number of rotatable bonds is 2. The number of carbonyl (C=O) groups excluding carboxylic acids is 1. The zero-order valence-corrected chi connectivity index (χ0v) is 8.05. The van der Waals surface area contributed by atoms with Crippen molar-refractivity contribution >= 4 is 17.4 Å². The van der Waals surface area contributed by atoms with Crippen LogP contribution in [0.1, 0.15) is 29.9 Å². The molecule has 1 aromatic carbocycles. The quantitative estimate of drug-likeness (QED) is 0.662. The van der Waals surface area contributed by atoms with Crippen LogP contribution in [0, 0.1) is 0 Å². The Hall–Kier alpha value is -0.820. The molecule has 1 aromatic rings. The summed E-state index contributed by atoms with van der Waals surface area (Å²) in [6.45, 7) is 0. The van der Waals surface area contributed by atoms with Gasteiger partial charge in [0.25, 0.3) is 0 Å². The zero-order chi connectivity index (χ0) is 9.26. The molecule has 1 nitrogen and oxygen atoms in total. The summed E-state index contributed by atoms with van der Waals surface area (Å²) in [6, 6.07) is 8.22. The lowest BCUT2D eigenvalue weighted by atomic mass is 9.79. The van der Waals surface area contributed by atoms with Gasteiger partial charge in [-0.15, -0.1) is 11.6 Å². The van der Waals surface area contributed by atoms with Crippen LogP contribution in [0.15, 0.2) is 24.3 Å². The number of ketones is 1. The summed E-state index contributed by atoms with van der Waals surface area (Å²) < 4.78 is 0. The van der Waals surface area contributed by atoms with Gasteiger partial charge in [-0.1, -0.05) is 24.3 Å². The summed E-state index contributed by atoms with van der Waals surface area (Å²) in [5.41, 5.74) is 2.41. The Morgan fingerprint density at radius 3 is 2.31 bits per heavy atom. The van der Waals surface area contributed by atoms with E-state index in [1.165, 1.54) is 5.56 Å². The zero-order valence-electron chi connectivity index (χ0n) is 7.29. The van der Waals surface area contributed by atoms with Crippen LogP contribution in [0.25, 0.3) is 0 Å². The van der Waals surface area contributed by atoms with Crippen molar-refractivity contribution in [1.82, 2.24) is 0 Å². The van der Waals surface area contributed by atoms with Crippen molar-refractivity contribution in [3.8, 4) is 0 Å². The van der Waals surface area contributed by atoms with Crippen LogP contribution in [0.5, 0.6) is 0 Å².